The molecule has 2 aromatic heterocycles. The molecule has 0 spiro atoms. The Bertz CT molecular complexity index is 1290. The van der Waals surface area contributed by atoms with Crippen LogP contribution in [-0.2, 0) is 30.4 Å². The fraction of sp³-hybridized carbons (Fsp3) is 0.464. The van der Waals surface area contributed by atoms with Crippen LogP contribution in [0.5, 0.6) is 23.3 Å². The first-order chi connectivity index (χ1) is 18.8. The molecule has 3 rings (SSSR count). The Morgan fingerprint density at radius 3 is 2.50 bits per heavy atom. The number of hydrogen-bond donors (Lipinski definition) is 1. The molecule has 0 radical (unpaired) electrons. The first-order valence-corrected chi connectivity index (χ1v) is 13.3. The van der Waals surface area contributed by atoms with Crippen LogP contribution in [0.1, 0.15) is 57.4 Å². The maximum atomic E-state index is 13.0. The van der Waals surface area contributed by atoms with E-state index in [1.165, 1.54) is 0 Å². The number of nitrogens with zero attached hydrogens (tertiary/aromatic N) is 3. The molecule has 218 valence electrons. The Morgan fingerprint density at radius 2 is 1.88 bits per heavy atom. The highest BCUT2D eigenvalue weighted by Crippen LogP contribution is 2.36. The third-order valence-corrected chi connectivity index (χ3v) is 5.84. The van der Waals surface area contributed by atoms with Crippen LogP contribution >= 0.6 is 11.6 Å². The van der Waals surface area contributed by atoms with Gasteiger partial charge in [-0.1, -0.05) is 31.5 Å². The van der Waals surface area contributed by atoms with Crippen LogP contribution in [0.2, 0.25) is 5.02 Å². The Hall–Kier alpha value is -3.47. The van der Waals surface area contributed by atoms with E-state index in [4.69, 9.17) is 30.9 Å². The molecule has 1 aromatic carbocycles. The molecule has 0 aliphatic rings. The molecule has 0 bridgehead atoms. The summed E-state index contributed by atoms with van der Waals surface area (Å²) in [5.74, 6) is 0.583. The molecule has 40 heavy (non-hydrogen) atoms. The van der Waals surface area contributed by atoms with E-state index in [9.17, 15) is 18.0 Å². The lowest BCUT2D eigenvalue weighted by molar-refractivity contribution is -0.138. The van der Waals surface area contributed by atoms with Crippen molar-refractivity contribution in [3.8, 4) is 23.3 Å². The van der Waals surface area contributed by atoms with Crippen molar-refractivity contribution >= 4 is 17.6 Å². The summed E-state index contributed by atoms with van der Waals surface area (Å²) in [6, 6.07) is 7.78. The molecule has 0 saturated heterocycles. The number of pyridine rings is 1. The summed E-state index contributed by atoms with van der Waals surface area (Å²) in [5.41, 5.74) is 0.578. The predicted octanol–water partition coefficient (Wildman–Crippen LogP) is 7.21. The second kappa shape index (κ2) is 13.7. The minimum Gasteiger partial charge on any atom is -0.491 e. The molecule has 2 heterocycles. The number of aryl methyl sites for hydroxylation is 2. The van der Waals surface area contributed by atoms with Gasteiger partial charge < -0.3 is 19.3 Å². The summed E-state index contributed by atoms with van der Waals surface area (Å²) in [4.78, 5) is 14.8. The van der Waals surface area contributed by atoms with Crippen molar-refractivity contribution in [3.63, 3.8) is 0 Å². The van der Waals surface area contributed by atoms with Gasteiger partial charge in [0.15, 0.2) is 0 Å². The Labute approximate surface area is 236 Å². The molecule has 0 aliphatic carbocycles. The number of benzene rings is 1. The molecule has 0 fully saturated rings. The summed E-state index contributed by atoms with van der Waals surface area (Å²) in [5, 5.41) is 13.2. The highest BCUT2D eigenvalue weighted by molar-refractivity contribution is 6.31. The van der Waals surface area contributed by atoms with Crippen molar-refractivity contribution in [1.29, 1.82) is 0 Å². The van der Waals surface area contributed by atoms with Gasteiger partial charge in [0.1, 0.15) is 16.5 Å². The number of carboxylic acid groups (broad SMARTS) is 1. The predicted molar refractivity (Wildman–Crippen MR) is 143 cm³/mol. The topological polar surface area (TPSA) is 95.7 Å². The number of halogens is 4. The van der Waals surface area contributed by atoms with E-state index in [1.807, 2.05) is 33.8 Å². The van der Waals surface area contributed by atoms with Gasteiger partial charge in [0.2, 0.25) is 11.8 Å². The third-order valence-electron chi connectivity index (χ3n) is 5.57. The largest absolute Gasteiger partial charge is 0.491 e. The molecule has 1 N–H and O–H groups in total. The minimum atomic E-state index is -4.58. The summed E-state index contributed by atoms with van der Waals surface area (Å²) >= 11 is 6.06. The zero-order chi connectivity index (χ0) is 29.4. The van der Waals surface area contributed by atoms with Gasteiger partial charge in [-0.25, -0.2) is 4.98 Å². The fourth-order valence-electron chi connectivity index (χ4n) is 3.82. The van der Waals surface area contributed by atoms with Gasteiger partial charge in [0.25, 0.3) is 0 Å². The van der Waals surface area contributed by atoms with Gasteiger partial charge in [-0.2, -0.15) is 13.2 Å². The van der Waals surface area contributed by atoms with Crippen LogP contribution in [0.3, 0.4) is 0 Å². The zero-order valence-electron chi connectivity index (χ0n) is 22.8. The SMILES string of the molecule is CC(C)Cn1nc(OCCCc2ccc(OC(C)C)cc2Oc2ncc(C(F)(F)F)cc2Cl)cc1CCC(=O)O. The number of aliphatic carboxylic acids is 1. The lowest BCUT2D eigenvalue weighted by Gasteiger charge is -2.16. The number of hydrogen-bond acceptors (Lipinski definition) is 6. The molecule has 0 saturated carbocycles. The number of carbonyl (C=O) groups is 1. The van der Waals surface area contributed by atoms with Crippen molar-refractivity contribution in [2.24, 2.45) is 5.92 Å². The number of ether oxygens (including phenoxy) is 3. The van der Waals surface area contributed by atoms with Crippen LogP contribution in [0.15, 0.2) is 36.5 Å². The van der Waals surface area contributed by atoms with Crippen molar-refractivity contribution in [2.75, 3.05) is 6.61 Å². The number of alkyl halides is 3. The van der Waals surface area contributed by atoms with E-state index >= 15 is 0 Å². The van der Waals surface area contributed by atoms with E-state index < -0.39 is 17.7 Å². The summed E-state index contributed by atoms with van der Waals surface area (Å²) in [6.07, 6.45) is -2.58. The molecule has 0 atom stereocenters. The first kappa shape index (κ1) is 31.1. The van der Waals surface area contributed by atoms with Crippen LogP contribution in [0.25, 0.3) is 0 Å². The quantitative estimate of drug-likeness (QED) is 0.200. The molecule has 0 unspecified atom stereocenters. The van der Waals surface area contributed by atoms with Crippen LogP contribution in [-0.4, -0.2) is 38.6 Å². The van der Waals surface area contributed by atoms with Gasteiger partial charge in [-0.3, -0.25) is 9.48 Å². The Kier molecular flexibility index (Phi) is 10.7. The average Bonchev–Trinajstić information content (AvgIpc) is 3.22. The standard InChI is InChI=1S/C28H33ClF3N3O5/c1-17(2)16-35-21(8-10-26(36)37)13-25(34-35)38-11-5-6-19-7-9-22(39-18(3)4)14-24(19)40-27-23(29)12-20(15-33-27)28(30,31)32/h7,9,12-15,17-18H,5-6,8,10-11,16H2,1-4H3,(H,36,37). The molecular weight excluding hydrogens is 551 g/mol. The number of aromatic nitrogens is 3. The smallest absolute Gasteiger partial charge is 0.417 e. The van der Waals surface area contributed by atoms with Gasteiger partial charge in [0, 0.05) is 30.6 Å². The van der Waals surface area contributed by atoms with E-state index in [2.05, 4.69) is 10.1 Å². The highest BCUT2D eigenvalue weighted by Gasteiger charge is 2.32. The minimum absolute atomic E-state index is 0.000327. The van der Waals surface area contributed by atoms with Gasteiger partial charge in [0.05, 0.1) is 24.7 Å². The molecule has 0 amide bonds. The Morgan fingerprint density at radius 1 is 1.12 bits per heavy atom. The summed E-state index contributed by atoms with van der Waals surface area (Å²) < 4.78 is 58.3. The van der Waals surface area contributed by atoms with E-state index in [1.54, 1.807) is 22.9 Å². The van der Waals surface area contributed by atoms with Crippen molar-refractivity contribution in [1.82, 2.24) is 14.8 Å². The summed E-state index contributed by atoms with van der Waals surface area (Å²) in [7, 11) is 0. The first-order valence-electron chi connectivity index (χ1n) is 12.9. The van der Waals surface area contributed by atoms with Crippen LogP contribution in [0, 0.1) is 5.92 Å². The van der Waals surface area contributed by atoms with Crippen molar-refractivity contribution in [2.45, 2.75) is 72.2 Å². The second-order valence-corrected chi connectivity index (χ2v) is 10.3. The molecular formula is C28H33ClF3N3O5. The maximum absolute atomic E-state index is 13.0. The fourth-order valence-corrected chi connectivity index (χ4v) is 4.03. The van der Waals surface area contributed by atoms with Crippen molar-refractivity contribution < 1.29 is 37.3 Å². The summed E-state index contributed by atoms with van der Waals surface area (Å²) in [6.45, 7) is 8.80. The number of carboxylic acids is 1. The average molecular weight is 584 g/mol. The van der Waals surface area contributed by atoms with Gasteiger partial charge >= 0.3 is 12.1 Å². The van der Waals surface area contributed by atoms with Gasteiger partial charge in [-0.15, -0.1) is 5.10 Å². The lowest BCUT2D eigenvalue weighted by Crippen LogP contribution is -2.11. The number of rotatable bonds is 14. The molecule has 8 nitrogen and oxygen atoms in total. The second-order valence-electron chi connectivity index (χ2n) is 9.94. The highest BCUT2D eigenvalue weighted by atomic mass is 35.5. The zero-order valence-corrected chi connectivity index (χ0v) is 23.6. The third kappa shape index (κ3) is 9.32. The van der Waals surface area contributed by atoms with Crippen LogP contribution in [0.4, 0.5) is 13.2 Å². The van der Waals surface area contributed by atoms with E-state index in [0.717, 1.165) is 17.3 Å². The van der Waals surface area contributed by atoms with E-state index in [0.29, 0.717) is 61.9 Å². The monoisotopic (exact) mass is 583 g/mol. The van der Waals surface area contributed by atoms with Gasteiger partial charge in [-0.05, 0) is 56.7 Å². The Balaban J connectivity index is 1.71. The molecule has 0 aliphatic heterocycles. The van der Waals surface area contributed by atoms with Crippen molar-refractivity contribution in [3.05, 3.63) is 58.4 Å². The van der Waals surface area contributed by atoms with Crippen LogP contribution < -0.4 is 14.2 Å². The normalized spacial score (nSPS) is 11.8. The lowest BCUT2D eigenvalue weighted by atomic mass is 10.1. The van der Waals surface area contributed by atoms with E-state index in [-0.39, 0.29) is 23.4 Å². The molecule has 12 heteroatoms. The maximum Gasteiger partial charge on any atom is 0.417 e. The molecule has 3 aromatic rings.